The van der Waals surface area contributed by atoms with Crippen LogP contribution in [0.25, 0.3) is 28.6 Å². The van der Waals surface area contributed by atoms with E-state index < -0.39 is 0 Å². The van der Waals surface area contributed by atoms with Crippen LogP contribution in [0.15, 0.2) is 36.8 Å². The summed E-state index contributed by atoms with van der Waals surface area (Å²) < 4.78 is 1.68. The van der Waals surface area contributed by atoms with Crippen LogP contribution < -0.4 is 0 Å². The molecule has 4 rings (SSSR count). The summed E-state index contributed by atoms with van der Waals surface area (Å²) in [7, 11) is 0. The van der Waals surface area contributed by atoms with Crippen LogP contribution in [-0.4, -0.2) is 39.7 Å². The highest BCUT2D eigenvalue weighted by Crippen LogP contribution is 2.21. The number of rotatable bonds is 3. The van der Waals surface area contributed by atoms with Crippen molar-refractivity contribution in [1.29, 1.82) is 0 Å². The zero-order chi connectivity index (χ0) is 17.4. The fourth-order valence-electron chi connectivity index (χ4n) is 2.50. The van der Waals surface area contributed by atoms with E-state index in [0.29, 0.717) is 17.3 Å². The number of hydrogen-bond donors (Lipinski definition) is 0. The average Bonchev–Trinajstić information content (AvgIpc) is 3.08. The van der Waals surface area contributed by atoms with E-state index in [1.165, 1.54) is 0 Å². The molecule has 0 fully saturated rings. The molecule has 0 spiro atoms. The molecule has 0 aliphatic rings. The normalized spacial score (nSPS) is 11.4. The fraction of sp³-hybridized carbons (Fsp3) is 0.235. The van der Waals surface area contributed by atoms with Crippen molar-refractivity contribution in [1.82, 2.24) is 39.7 Å². The van der Waals surface area contributed by atoms with Crippen LogP contribution in [0.5, 0.6) is 0 Å². The van der Waals surface area contributed by atoms with Gasteiger partial charge in [0, 0.05) is 30.1 Å². The van der Waals surface area contributed by atoms with Crippen LogP contribution in [0.2, 0.25) is 0 Å². The third-order valence-electron chi connectivity index (χ3n) is 3.84. The molecule has 8 heteroatoms. The van der Waals surface area contributed by atoms with Crippen molar-refractivity contribution in [3.8, 4) is 22.8 Å². The van der Waals surface area contributed by atoms with Crippen molar-refractivity contribution in [3.05, 3.63) is 48.3 Å². The molecule has 4 heterocycles. The quantitative estimate of drug-likeness (QED) is 0.568. The van der Waals surface area contributed by atoms with Crippen LogP contribution in [0.4, 0.5) is 0 Å². The average molecular weight is 332 g/mol. The predicted molar refractivity (Wildman–Crippen MR) is 91.7 cm³/mol. The molecule has 25 heavy (non-hydrogen) atoms. The predicted octanol–water partition coefficient (Wildman–Crippen LogP) is 2.47. The van der Waals surface area contributed by atoms with E-state index in [2.05, 4.69) is 49.1 Å². The molecule has 0 amide bonds. The summed E-state index contributed by atoms with van der Waals surface area (Å²) >= 11 is 0. The molecule has 0 radical (unpaired) electrons. The number of aryl methyl sites for hydroxylation is 1. The molecule has 0 bridgehead atoms. The summed E-state index contributed by atoms with van der Waals surface area (Å²) in [6, 6.07) is 5.58. The molecule has 8 nitrogen and oxygen atoms in total. The van der Waals surface area contributed by atoms with Crippen molar-refractivity contribution in [2.75, 3.05) is 0 Å². The Bertz CT molecular complexity index is 1040. The highest BCUT2D eigenvalue weighted by molar-refractivity contribution is 5.59. The molecular weight excluding hydrogens is 316 g/mol. The summed E-state index contributed by atoms with van der Waals surface area (Å²) in [6.45, 7) is 6.03. The smallest absolute Gasteiger partial charge is 0.264 e. The number of aromatic nitrogens is 8. The molecule has 0 saturated carbocycles. The Labute approximate surface area is 144 Å². The summed E-state index contributed by atoms with van der Waals surface area (Å²) in [4.78, 5) is 17.4. The van der Waals surface area contributed by atoms with Gasteiger partial charge in [-0.15, -0.1) is 15.3 Å². The van der Waals surface area contributed by atoms with Gasteiger partial charge < -0.3 is 0 Å². The standard InChI is InChI=1S/C17H16N8/c1-10(2)15-19-8-6-13(20-15)14-11(3)25-17(23-22-14)21-16(24-25)12-5-4-7-18-9-12/h4-10H,1-3H3. The first-order valence-electron chi connectivity index (χ1n) is 7.97. The van der Waals surface area contributed by atoms with Crippen LogP contribution in [0.3, 0.4) is 0 Å². The SMILES string of the molecule is Cc1c(-c2ccnc(C(C)C)n2)nnc2nc(-c3cccnc3)nn12. The van der Waals surface area contributed by atoms with Crippen molar-refractivity contribution < 1.29 is 0 Å². The first-order chi connectivity index (χ1) is 12.1. The third-order valence-corrected chi connectivity index (χ3v) is 3.84. The van der Waals surface area contributed by atoms with Gasteiger partial charge in [-0.1, -0.05) is 13.8 Å². The second-order valence-electron chi connectivity index (χ2n) is 5.98. The van der Waals surface area contributed by atoms with Gasteiger partial charge in [-0.2, -0.15) is 9.50 Å². The summed E-state index contributed by atoms with van der Waals surface area (Å²) in [5.74, 6) is 2.01. The minimum Gasteiger partial charge on any atom is -0.264 e. The summed E-state index contributed by atoms with van der Waals surface area (Å²) in [5.41, 5.74) is 3.04. The summed E-state index contributed by atoms with van der Waals surface area (Å²) in [5, 5.41) is 13.0. The van der Waals surface area contributed by atoms with Crippen molar-refractivity contribution in [3.63, 3.8) is 0 Å². The molecule has 0 N–H and O–H groups in total. The Morgan fingerprint density at radius 1 is 1.04 bits per heavy atom. The number of fused-ring (bicyclic) bond motifs is 1. The second kappa shape index (κ2) is 5.97. The molecule has 0 atom stereocenters. The van der Waals surface area contributed by atoms with Crippen molar-refractivity contribution in [2.45, 2.75) is 26.7 Å². The Balaban J connectivity index is 1.84. The van der Waals surface area contributed by atoms with Crippen LogP contribution in [0.1, 0.15) is 31.3 Å². The van der Waals surface area contributed by atoms with Gasteiger partial charge in [0.25, 0.3) is 5.78 Å². The lowest BCUT2D eigenvalue weighted by atomic mass is 10.2. The van der Waals surface area contributed by atoms with E-state index in [9.17, 15) is 0 Å². The van der Waals surface area contributed by atoms with E-state index >= 15 is 0 Å². The maximum atomic E-state index is 4.59. The minimum atomic E-state index is 0.237. The van der Waals surface area contributed by atoms with E-state index in [4.69, 9.17) is 0 Å². The number of pyridine rings is 1. The third kappa shape index (κ3) is 2.71. The molecule has 0 saturated heterocycles. The molecule has 0 unspecified atom stereocenters. The van der Waals surface area contributed by atoms with Gasteiger partial charge in [-0.25, -0.2) is 9.97 Å². The Kier molecular flexibility index (Phi) is 3.64. The van der Waals surface area contributed by atoms with E-state index in [1.807, 2.05) is 25.1 Å². The van der Waals surface area contributed by atoms with Gasteiger partial charge in [0.05, 0.1) is 11.4 Å². The zero-order valence-corrected chi connectivity index (χ0v) is 14.1. The van der Waals surface area contributed by atoms with Gasteiger partial charge in [0.2, 0.25) is 0 Å². The topological polar surface area (TPSA) is 94.6 Å². The monoisotopic (exact) mass is 332 g/mol. The first kappa shape index (κ1) is 15.3. The van der Waals surface area contributed by atoms with Gasteiger partial charge in [0.15, 0.2) is 5.82 Å². The molecule has 0 aromatic carbocycles. The molecule has 0 aliphatic carbocycles. The minimum absolute atomic E-state index is 0.237. The van der Waals surface area contributed by atoms with Gasteiger partial charge in [0.1, 0.15) is 11.5 Å². The van der Waals surface area contributed by atoms with Crippen LogP contribution in [0, 0.1) is 6.92 Å². The van der Waals surface area contributed by atoms with E-state index in [-0.39, 0.29) is 5.92 Å². The van der Waals surface area contributed by atoms with Crippen molar-refractivity contribution in [2.24, 2.45) is 0 Å². The number of hydrogen-bond acceptors (Lipinski definition) is 7. The molecule has 4 aromatic heterocycles. The zero-order valence-electron chi connectivity index (χ0n) is 14.1. The lowest BCUT2D eigenvalue weighted by molar-refractivity contribution is 0.772. The van der Waals surface area contributed by atoms with E-state index in [0.717, 1.165) is 22.8 Å². The van der Waals surface area contributed by atoms with Gasteiger partial charge in [-0.05, 0) is 25.1 Å². The maximum Gasteiger partial charge on any atom is 0.272 e. The highest BCUT2D eigenvalue weighted by Gasteiger charge is 2.16. The van der Waals surface area contributed by atoms with Gasteiger partial charge >= 0.3 is 0 Å². The first-order valence-corrected chi connectivity index (χ1v) is 7.97. The molecule has 0 aliphatic heterocycles. The Morgan fingerprint density at radius 2 is 1.92 bits per heavy atom. The lowest BCUT2D eigenvalue weighted by Gasteiger charge is -2.07. The van der Waals surface area contributed by atoms with E-state index in [1.54, 1.807) is 23.1 Å². The number of nitrogens with zero attached hydrogens (tertiary/aromatic N) is 8. The summed E-state index contributed by atoms with van der Waals surface area (Å²) in [6.07, 6.45) is 5.17. The Hall–Kier alpha value is -3.29. The maximum absolute atomic E-state index is 4.59. The second-order valence-corrected chi connectivity index (χ2v) is 5.98. The van der Waals surface area contributed by atoms with Crippen molar-refractivity contribution >= 4 is 5.78 Å². The largest absolute Gasteiger partial charge is 0.272 e. The fourth-order valence-corrected chi connectivity index (χ4v) is 2.50. The van der Waals surface area contributed by atoms with Gasteiger partial charge in [-0.3, -0.25) is 4.98 Å². The van der Waals surface area contributed by atoms with Crippen LogP contribution >= 0.6 is 0 Å². The lowest BCUT2D eigenvalue weighted by Crippen LogP contribution is -2.05. The molecule has 4 aromatic rings. The Morgan fingerprint density at radius 3 is 2.68 bits per heavy atom. The molecular formula is C17H16N8. The van der Waals surface area contributed by atoms with Crippen LogP contribution in [-0.2, 0) is 0 Å². The highest BCUT2D eigenvalue weighted by atomic mass is 15.4. The molecule has 124 valence electrons.